The first-order valence-corrected chi connectivity index (χ1v) is 10.3. The lowest BCUT2D eigenvalue weighted by molar-refractivity contribution is -0.168. The molecule has 2 bridgehead atoms. The molecule has 30 heavy (non-hydrogen) atoms. The number of hydrogen-bond donors (Lipinski definition) is 0. The van der Waals surface area contributed by atoms with Crippen molar-refractivity contribution in [3.05, 3.63) is 59.7 Å². The monoisotopic (exact) mass is 407 g/mol. The van der Waals surface area contributed by atoms with Gasteiger partial charge in [-0.2, -0.15) is 0 Å². The van der Waals surface area contributed by atoms with Crippen molar-refractivity contribution in [2.75, 3.05) is 20.3 Å². The molecular weight excluding hydrogens is 382 g/mol. The maximum Gasteiger partial charge on any atom is 0.318 e. The number of nitrogens with zero attached hydrogens (tertiary/aromatic N) is 1. The van der Waals surface area contributed by atoms with Crippen LogP contribution >= 0.6 is 0 Å². The summed E-state index contributed by atoms with van der Waals surface area (Å²) in [5.41, 5.74) is 3.67. The molecule has 0 saturated carbocycles. The molecule has 1 fully saturated rings. The molecule has 1 saturated heterocycles. The van der Waals surface area contributed by atoms with Crippen LogP contribution in [0.1, 0.15) is 37.1 Å². The van der Waals surface area contributed by atoms with Crippen LogP contribution in [-0.2, 0) is 23.9 Å². The lowest BCUT2D eigenvalue weighted by Gasteiger charge is -2.45. The molecule has 0 spiro atoms. The van der Waals surface area contributed by atoms with Gasteiger partial charge in [0.15, 0.2) is 5.78 Å². The van der Waals surface area contributed by atoms with Gasteiger partial charge in [0, 0.05) is 0 Å². The molecule has 0 unspecified atom stereocenters. The van der Waals surface area contributed by atoms with E-state index in [2.05, 4.69) is 0 Å². The number of carbonyl (C=O) groups excluding carboxylic acids is 3. The molecule has 156 valence electrons. The van der Waals surface area contributed by atoms with Crippen LogP contribution in [0, 0.1) is 11.8 Å². The minimum absolute atomic E-state index is 0.161. The number of piperidine rings is 1. The molecule has 2 aliphatic heterocycles. The highest BCUT2D eigenvalue weighted by atomic mass is 16.5. The Labute approximate surface area is 175 Å². The molecule has 6 heteroatoms. The number of ketones is 1. The summed E-state index contributed by atoms with van der Waals surface area (Å²) in [6.45, 7) is 3.73. The van der Waals surface area contributed by atoms with Crippen molar-refractivity contribution < 1.29 is 23.9 Å². The highest BCUT2D eigenvalue weighted by molar-refractivity contribution is 6.10. The van der Waals surface area contributed by atoms with E-state index in [4.69, 9.17) is 9.47 Å². The number of hydrogen-bond acceptors (Lipinski definition) is 6. The number of carbonyl (C=O) groups is 3. The van der Waals surface area contributed by atoms with E-state index < -0.39 is 41.6 Å². The maximum absolute atomic E-state index is 13.7. The second-order valence-corrected chi connectivity index (χ2v) is 7.59. The molecule has 0 amide bonds. The minimum atomic E-state index is -1.10. The van der Waals surface area contributed by atoms with Gasteiger partial charge < -0.3 is 9.47 Å². The number of rotatable bonds is 4. The van der Waals surface area contributed by atoms with E-state index in [9.17, 15) is 14.4 Å². The molecule has 0 aliphatic carbocycles. The zero-order chi connectivity index (χ0) is 21.4. The van der Waals surface area contributed by atoms with Crippen molar-refractivity contribution in [1.29, 1.82) is 0 Å². The largest absolute Gasteiger partial charge is 0.465 e. The van der Waals surface area contributed by atoms with E-state index in [0.717, 1.165) is 22.3 Å². The summed E-state index contributed by atoms with van der Waals surface area (Å²) >= 11 is 0. The van der Waals surface area contributed by atoms with Gasteiger partial charge in [0.1, 0.15) is 11.8 Å². The number of esters is 2. The fourth-order valence-corrected chi connectivity index (χ4v) is 4.90. The molecule has 0 aromatic heterocycles. The average Bonchev–Trinajstić information content (AvgIpc) is 2.81. The van der Waals surface area contributed by atoms with Crippen molar-refractivity contribution in [3.63, 3.8) is 0 Å². The first-order chi connectivity index (χ1) is 14.5. The number of benzene rings is 2. The molecule has 4 rings (SSSR count). The molecule has 2 aromatic carbocycles. The summed E-state index contributed by atoms with van der Waals surface area (Å²) in [6.07, 6.45) is 0. The smallest absolute Gasteiger partial charge is 0.318 e. The Morgan fingerprint density at radius 1 is 0.800 bits per heavy atom. The van der Waals surface area contributed by atoms with E-state index in [-0.39, 0.29) is 13.2 Å². The molecule has 0 radical (unpaired) electrons. The summed E-state index contributed by atoms with van der Waals surface area (Å²) < 4.78 is 10.5. The lowest BCUT2D eigenvalue weighted by Crippen LogP contribution is -2.54. The second kappa shape index (κ2) is 8.03. The topological polar surface area (TPSA) is 72.9 Å². The summed E-state index contributed by atoms with van der Waals surface area (Å²) in [4.78, 5) is 41.5. The van der Waals surface area contributed by atoms with Crippen LogP contribution in [0.2, 0.25) is 0 Å². The number of Topliss-reactive ketones (excluding diaryl/α,β-unsaturated/α-hetero) is 1. The van der Waals surface area contributed by atoms with Crippen molar-refractivity contribution in [2.24, 2.45) is 11.8 Å². The molecule has 2 aromatic rings. The molecule has 2 heterocycles. The first-order valence-electron chi connectivity index (χ1n) is 10.3. The third-order valence-electron chi connectivity index (χ3n) is 6.05. The Morgan fingerprint density at radius 3 is 1.60 bits per heavy atom. The minimum Gasteiger partial charge on any atom is -0.465 e. The molecule has 2 aliphatic rings. The fraction of sp³-hybridized carbons (Fsp3) is 0.375. The quantitative estimate of drug-likeness (QED) is 0.572. The predicted molar refractivity (Wildman–Crippen MR) is 110 cm³/mol. The van der Waals surface area contributed by atoms with Gasteiger partial charge in [-0.1, -0.05) is 48.5 Å². The number of ether oxygens (including phenoxy) is 2. The summed E-state index contributed by atoms with van der Waals surface area (Å²) in [5.74, 6) is -3.85. The number of fused-ring (bicyclic) bond motifs is 7. The van der Waals surface area contributed by atoms with Crippen molar-refractivity contribution in [1.82, 2.24) is 4.90 Å². The third-order valence-corrected chi connectivity index (χ3v) is 6.05. The van der Waals surface area contributed by atoms with Gasteiger partial charge >= 0.3 is 11.9 Å². The lowest BCUT2D eigenvalue weighted by atomic mass is 9.74. The normalized spacial score (nSPS) is 25.0. The van der Waals surface area contributed by atoms with Gasteiger partial charge in [-0.15, -0.1) is 0 Å². The van der Waals surface area contributed by atoms with Gasteiger partial charge in [0.2, 0.25) is 0 Å². The van der Waals surface area contributed by atoms with Gasteiger partial charge in [0.05, 0.1) is 25.3 Å². The average molecular weight is 407 g/mol. The molecule has 4 atom stereocenters. The van der Waals surface area contributed by atoms with Gasteiger partial charge in [-0.25, -0.2) is 0 Å². The van der Waals surface area contributed by atoms with E-state index in [1.807, 2.05) is 60.5 Å². The highest BCUT2D eigenvalue weighted by Crippen LogP contribution is 2.52. The zero-order valence-corrected chi connectivity index (χ0v) is 17.3. The Kier molecular flexibility index (Phi) is 5.43. The zero-order valence-electron chi connectivity index (χ0n) is 17.3. The highest BCUT2D eigenvalue weighted by Gasteiger charge is 2.56. The van der Waals surface area contributed by atoms with Gasteiger partial charge in [-0.05, 0) is 43.1 Å². The van der Waals surface area contributed by atoms with E-state index in [1.54, 1.807) is 13.8 Å². The molecule has 0 N–H and O–H groups in total. The standard InChI is InChI=1S/C24H25NO5/c1-4-29-23(27)18-20-16-12-8-6-10-14(16)15-11-7-9-13-17(15)21(25(20)3)19(22(18)26)24(28)30-5-2/h6-13,18-21H,4-5H2,1-3H3/t18-,19+,20-,21-/m1/s1. The summed E-state index contributed by atoms with van der Waals surface area (Å²) in [5, 5.41) is 0. The van der Waals surface area contributed by atoms with Crippen molar-refractivity contribution >= 4 is 17.7 Å². The van der Waals surface area contributed by atoms with Crippen LogP contribution in [0.3, 0.4) is 0 Å². The Bertz CT molecular complexity index is 923. The van der Waals surface area contributed by atoms with Crippen LogP contribution in [0.25, 0.3) is 11.1 Å². The molecular formula is C24H25NO5. The van der Waals surface area contributed by atoms with Crippen LogP contribution in [0.5, 0.6) is 0 Å². The Hall–Kier alpha value is -2.99. The predicted octanol–water partition coefficient (Wildman–Crippen LogP) is 3.32. The maximum atomic E-state index is 13.7. The fourth-order valence-electron chi connectivity index (χ4n) is 4.90. The van der Waals surface area contributed by atoms with Crippen molar-refractivity contribution in [2.45, 2.75) is 25.9 Å². The first kappa shape index (κ1) is 20.3. The van der Waals surface area contributed by atoms with E-state index in [1.165, 1.54) is 0 Å². The van der Waals surface area contributed by atoms with E-state index in [0.29, 0.717) is 0 Å². The second-order valence-electron chi connectivity index (χ2n) is 7.59. The third kappa shape index (κ3) is 3.03. The summed E-state index contributed by atoms with van der Waals surface area (Å²) in [6, 6.07) is 14.5. The van der Waals surface area contributed by atoms with Crippen LogP contribution in [-0.4, -0.2) is 42.9 Å². The Morgan fingerprint density at radius 2 is 1.20 bits per heavy atom. The van der Waals surface area contributed by atoms with Crippen LogP contribution in [0.15, 0.2) is 48.5 Å². The van der Waals surface area contributed by atoms with Gasteiger partial charge in [-0.3, -0.25) is 19.3 Å². The van der Waals surface area contributed by atoms with E-state index >= 15 is 0 Å². The van der Waals surface area contributed by atoms with Crippen LogP contribution in [0.4, 0.5) is 0 Å². The van der Waals surface area contributed by atoms with Crippen LogP contribution < -0.4 is 0 Å². The van der Waals surface area contributed by atoms with Gasteiger partial charge in [0.25, 0.3) is 0 Å². The van der Waals surface area contributed by atoms with Crippen molar-refractivity contribution in [3.8, 4) is 11.1 Å². The SMILES string of the molecule is CCOC(=O)[C@@H]1C(=O)[C@H](C(=O)OCC)[C@H]2c3ccccc3-c3ccccc3[C@H]1N2C. The molecule has 6 nitrogen and oxygen atoms in total. The summed E-state index contributed by atoms with van der Waals surface area (Å²) in [7, 11) is 1.86. The Balaban J connectivity index is 1.99.